The summed E-state index contributed by atoms with van der Waals surface area (Å²) in [6.07, 6.45) is 4.60. The van der Waals surface area contributed by atoms with Gasteiger partial charge in [0, 0.05) is 12.6 Å². The molecule has 6 nitrogen and oxygen atoms in total. The molecular weight excluding hydrogens is 276 g/mol. The van der Waals surface area contributed by atoms with Crippen molar-refractivity contribution in [3.63, 3.8) is 0 Å². The van der Waals surface area contributed by atoms with E-state index in [1.54, 1.807) is 14.0 Å². The first kappa shape index (κ1) is 14.0. The molecule has 3 N–H and O–H groups in total. The summed E-state index contributed by atoms with van der Waals surface area (Å²) in [6, 6.07) is 0.122. The topological polar surface area (TPSA) is 86.9 Å². The lowest BCUT2D eigenvalue weighted by Crippen LogP contribution is -2.38. The zero-order valence-corrected chi connectivity index (χ0v) is 12.8. The zero-order valence-electron chi connectivity index (χ0n) is 11.9. The predicted molar refractivity (Wildman–Crippen MR) is 75.6 cm³/mol. The van der Waals surface area contributed by atoms with Gasteiger partial charge in [-0.05, 0) is 51.5 Å². The fourth-order valence-corrected chi connectivity index (χ4v) is 4.58. The summed E-state index contributed by atoms with van der Waals surface area (Å²) in [5.41, 5.74) is 1.16. The van der Waals surface area contributed by atoms with Crippen LogP contribution in [-0.2, 0) is 16.6 Å². The van der Waals surface area contributed by atoms with E-state index in [-0.39, 0.29) is 6.04 Å². The molecule has 1 heterocycles. The van der Waals surface area contributed by atoms with Crippen LogP contribution in [-0.4, -0.2) is 31.7 Å². The van der Waals surface area contributed by atoms with E-state index < -0.39 is 10.0 Å². The van der Waals surface area contributed by atoms with Gasteiger partial charge < -0.3 is 5.32 Å². The molecule has 7 heteroatoms. The first-order chi connectivity index (χ1) is 9.53. The molecule has 0 aliphatic heterocycles. The van der Waals surface area contributed by atoms with Crippen molar-refractivity contribution in [2.45, 2.75) is 50.1 Å². The van der Waals surface area contributed by atoms with Crippen LogP contribution in [0.15, 0.2) is 4.90 Å². The lowest BCUT2D eigenvalue weighted by molar-refractivity contribution is 0.470. The third kappa shape index (κ3) is 2.75. The van der Waals surface area contributed by atoms with Crippen LogP contribution in [0.4, 0.5) is 0 Å². The minimum absolute atomic E-state index is 0.122. The van der Waals surface area contributed by atoms with Crippen LogP contribution in [0.3, 0.4) is 0 Å². The van der Waals surface area contributed by atoms with Crippen molar-refractivity contribution in [2.75, 3.05) is 7.05 Å². The number of hydrogen-bond acceptors (Lipinski definition) is 4. The predicted octanol–water partition coefficient (Wildman–Crippen LogP) is 0.904. The van der Waals surface area contributed by atoms with E-state index in [4.69, 9.17) is 0 Å². The van der Waals surface area contributed by atoms with E-state index >= 15 is 0 Å². The van der Waals surface area contributed by atoms with Crippen molar-refractivity contribution < 1.29 is 8.42 Å². The molecule has 112 valence electrons. The Kier molecular flexibility index (Phi) is 3.60. The lowest BCUT2D eigenvalue weighted by atomic mass is 10.1. The fourth-order valence-electron chi connectivity index (χ4n) is 2.84. The molecule has 0 aromatic carbocycles. The number of rotatable bonds is 7. The number of aromatic amines is 1. The van der Waals surface area contributed by atoms with E-state index in [0.29, 0.717) is 34.7 Å². The summed E-state index contributed by atoms with van der Waals surface area (Å²) in [7, 11) is -1.71. The smallest absolute Gasteiger partial charge is 0.244 e. The summed E-state index contributed by atoms with van der Waals surface area (Å²) in [6.45, 7) is 2.20. The quantitative estimate of drug-likeness (QED) is 0.698. The van der Waals surface area contributed by atoms with Gasteiger partial charge in [-0.3, -0.25) is 5.10 Å². The van der Waals surface area contributed by atoms with E-state index in [1.165, 1.54) is 0 Å². The molecule has 1 aromatic rings. The number of nitrogens with one attached hydrogen (secondary N) is 3. The average Bonchev–Trinajstić information content (AvgIpc) is 3.26. The van der Waals surface area contributed by atoms with Gasteiger partial charge in [-0.15, -0.1) is 0 Å². The summed E-state index contributed by atoms with van der Waals surface area (Å²) in [5, 5.41) is 9.83. The third-order valence-corrected chi connectivity index (χ3v) is 5.79. The normalized spacial score (nSPS) is 19.8. The Morgan fingerprint density at radius 2 is 1.90 bits per heavy atom. The van der Waals surface area contributed by atoms with E-state index in [9.17, 15) is 8.42 Å². The first-order valence-electron chi connectivity index (χ1n) is 7.23. The molecule has 0 spiro atoms. The summed E-state index contributed by atoms with van der Waals surface area (Å²) in [5.74, 6) is 1.08. The van der Waals surface area contributed by atoms with Gasteiger partial charge in [-0.25, -0.2) is 13.1 Å². The SMILES string of the molecule is CNCc1n[nH]c(C)c1S(=O)(=O)NC(C1CC1)C1CC1. The number of aromatic nitrogens is 2. The highest BCUT2D eigenvalue weighted by Gasteiger charge is 2.44. The Hall–Kier alpha value is -0.920. The number of sulfonamides is 1. The summed E-state index contributed by atoms with van der Waals surface area (Å²) < 4.78 is 28.3. The Balaban J connectivity index is 1.85. The zero-order chi connectivity index (χ0) is 14.3. The lowest BCUT2D eigenvalue weighted by Gasteiger charge is -2.18. The molecule has 0 atom stereocenters. The van der Waals surface area contributed by atoms with Crippen LogP contribution in [0.25, 0.3) is 0 Å². The average molecular weight is 298 g/mol. The van der Waals surface area contributed by atoms with Crippen molar-refractivity contribution in [3.05, 3.63) is 11.4 Å². The molecule has 2 saturated carbocycles. The van der Waals surface area contributed by atoms with Crippen LogP contribution >= 0.6 is 0 Å². The Morgan fingerprint density at radius 3 is 2.40 bits per heavy atom. The van der Waals surface area contributed by atoms with Crippen LogP contribution in [0.5, 0.6) is 0 Å². The van der Waals surface area contributed by atoms with E-state index in [1.807, 2.05) is 0 Å². The maximum Gasteiger partial charge on any atom is 0.244 e. The van der Waals surface area contributed by atoms with Gasteiger partial charge in [0.2, 0.25) is 10.0 Å². The molecule has 3 rings (SSSR count). The van der Waals surface area contributed by atoms with E-state index in [2.05, 4.69) is 20.2 Å². The number of nitrogens with zero attached hydrogens (tertiary/aromatic N) is 1. The third-order valence-electron chi connectivity index (χ3n) is 4.13. The minimum Gasteiger partial charge on any atom is -0.314 e. The van der Waals surface area contributed by atoms with Gasteiger partial charge in [0.15, 0.2) is 0 Å². The van der Waals surface area contributed by atoms with Gasteiger partial charge in [-0.2, -0.15) is 5.10 Å². The Bertz CT molecular complexity index is 576. The maximum absolute atomic E-state index is 12.7. The van der Waals surface area contributed by atoms with Crippen LogP contribution < -0.4 is 10.0 Å². The summed E-state index contributed by atoms with van der Waals surface area (Å²) in [4.78, 5) is 0.318. The van der Waals surface area contributed by atoms with Gasteiger partial charge in [0.05, 0.1) is 11.4 Å². The molecule has 2 aliphatic rings. The monoisotopic (exact) mass is 298 g/mol. The van der Waals surface area contributed by atoms with Crippen molar-refractivity contribution in [3.8, 4) is 0 Å². The Morgan fingerprint density at radius 1 is 1.30 bits per heavy atom. The second-order valence-electron chi connectivity index (χ2n) is 5.98. The highest BCUT2D eigenvalue weighted by Crippen LogP contribution is 2.45. The molecule has 2 aliphatic carbocycles. The van der Waals surface area contributed by atoms with Gasteiger partial charge in [-0.1, -0.05) is 0 Å². The molecule has 0 bridgehead atoms. The van der Waals surface area contributed by atoms with Crippen molar-refractivity contribution in [2.24, 2.45) is 11.8 Å². The highest BCUT2D eigenvalue weighted by molar-refractivity contribution is 7.89. The van der Waals surface area contributed by atoms with Crippen molar-refractivity contribution in [1.82, 2.24) is 20.2 Å². The molecule has 0 unspecified atom stereocenters. The number of H-pyrrole nitrogens is 1. The van der Waals surface area contributed by atoms with Crippen LogP contribution in [0.1, 0.15) is 37.1 Å². The number of aryl methyl sites for hydroxylation is 1. The molecule has 20 heavy (non-hydrogen) atoms. The highest BCUT2D eigenvalue weighted by atomic mass is 32.2. The van der Waals surface area contributed by atoms with Gasteiger partial charge in [0.1, 0.15) is 4.90 Å². The number of hydrogen-bond donors (Lipinski definition) is 3. The minimum atomic E-state index is -3.49. The first-order valence-corrected chi connectivity index (χ1v) is 8.72. The molecule has 0 saturated heterocycles. The maximum atomic E-state index is 12.7. The fraction of sp³-hybridized carbons (Fsp3) is 0.769. The molecule has 1 aromatic heterocycles. The van der Waals surface area contributed by atoms with Crippen molar-refractivity contribution >= 4 is 10.0 Å². The largest absolute Gasteiger partial charge is 0.314 e. The second kappa shape index (κ2) is 5.13. The van der Waals surface area contributed by atoms with Crippen molar-refractivity contribution in [1.29, 1.82) is 0 Å². The molecule has 2 fully saturated rings. The molecule has 0 radical (unpaired) electrons. The molecule has 0 amide bonds. The van der Waals surface area contributed by atoms with Gasteiger partial charge >= 0.3 is 0 Å². The van der Waals surface area contributed by atoms with E-state index in [0.717, 1.165) is 25.7 Å². The van der Waals surface area contributed by atoms with Crippen LogP contribution in [0.2, 0.25) is 0 Å². The van der Waals surface area contributed by atoms with Gasteiger partial charge in [0.25, 0.3) is 0 Å². The standard InChI is InChI=1S/C13H22N4O2S/c1-8-13(11(7-14-2)16-15-8)20(18,19)17-12(9-3-4-9)10-5-6-10/h9-10,12,14,17H,3-7H2,1-2H3,(H,15,16). The molecular formula is C13H22N4O2S. The van der Waals surface area contributed by atoms with Crippen LogP contribution in [0, 0.1) is 18.8 Å². The summed E-state index contributed by atoms with van der Waals surface area (Å²) >= 11 is 0. The Labute approximate surface area is 119 Å². The second-order valence-corrected chi connectivity index (χ2v) is 7.63.